The zero-order valence-corrected chi connectivity index (χ0v) is 18.6. The van der Waals surface area contributed by atoms with Crippen molar-refractivity contribution in [2.75, 3.05) is 14.2 Å². The van der Waals surface area contributed by atoms with E-state index in [1.165, 1.54) is 13.8 Å². The largest absolute Gasteiger partial charge is 0.493 e. The van der Waals surface area contributed by atoms with Crippen molar-refractivity contribution in [3.63, 3.8) is 0 Å². The Morgan fingerprint density at radius 3 is 1.33 bits per heavy atom. The summed E-state index contributed by atoms with van der Waals surface area (Å²) in [6, 6.07) is 7.68. The molecule has 0 fully saturated rings. The molecule has 2 aromatic carbocycles. The predicted molar refractivity (Wildman–Crippen MR) is 116 cm³/mol. The lowest BCUT2D eigenvalue weighted by atomic mass is 9.96. The molecule has 0 amide bonds. The third-order valence-electron chi connectivity index (χ3n) is 4.57. The molecule has 6 nitrogen and oxygen atoms in total. The molecular weight excluding hydrogens is 384 g/mol. The molecule has 6 heteroatoms. The van der Waals surface area contributed by atoms with Crippen LogP contribution in [-0.4, -0.2) is 26.2 Å². The molecule has 0 heterocycles. The van der Waals surface area contributed by atoms with Crippen molar-refractivity contribution >= 4 is 11.9 Å². The van der Waals surface area contributed by atoms with E-state index in [0.717, 1.165) is 47.9 Å². The van der Waals surface area contributed by atoms with Gasteiger partial charge in [-0.05, 0) is 59.4 Å². The van der Waals surface area contributed by atoms with E-state index in [1.54, 1.807) is 14.2 Å². The normalized spacial score (nSPS) is 10.5. The monoisotopic (exact) mass is 414 g/mol. The summed E-state index contributed by atoms with van der Waals surface area (Å²) in [5.41, 5.74) is 3.58. The van der Waals surface area contributed by atoms with E-state index < -0.39 is 11.9 Å². The van der Waals surface area contributed by atoms with Crippen LogP contribution in [0.15, 0.2) is 24.3 Å². The highest BCUT2D eigenvalue weighted by Gasteiger charge is 2.19. The zero-order chi connectivity index (χ0) is 22.3. The predicted octanol–water partition coefficient (Wildman–Crippen LogP) is 5.13. The average molecular weight is 414 g/mol. The third kappa shape index (κ3) is 5.53. The molecule has 0 saturated heterocycles. The van der Waals surface area contributed by atoms with Crippen LogP contribution in [0.2, 0.25) is 0 Å². The Morgan fingerprint density at radius 1 is 0.700 bits per heavy atom. The molecule has 0 aromatic heterocycles. The molecule has 0 N–H and O–H groups in total. The number of carbonyl (C=O) groups is 2. The standard InChI is InChI=1S/C24H30O6/c1-7-9-17-11-19(13-21(27-5)23(17)29-15(3)25)20-12-18(10-8-2)24(30-16(4)26)22(14-20)28-6/h11-14H,7-10H2,1-6H3. The van der Waals surface area contributed by atoms with Gasteiger partial charge in [-0.1, -0.05) is 26.7 Å². The van der Waals surface area contributed by atoms with Gasteiger partial charge in [0.1, 0.15) is 0 Å². The SMILES string of the molecule is CCCc1cc(-c2cc(CCC)c(OC(C)=O)c(OC)c2)cc(OC)c1OC(C)=O. The van der Waals surface area contributed by atoms with E-state index in [9.17, 15) is 9.59 Å². The van der Waals surface area contributed by atoms with Gasteiger partial charge in [0.25, 0.3) is 0 Å². The number of esters is 2. The van der Waals surface area contributed by atoms with Crippen LogP contribution in [0.1, 0.15) is 51.7 Å². The first kappa shape index (κ1) is 23.3. The second-order valence-electron chi connectivity index (χ2n) is 7.02. The Bertz CT molecular complexity index is 841. The van der Waals surface area contributed by atoms with Crippen LogP contribution in [0.5, 0.6) is 23.0 Å². The molecular formula is C24H30O6. The second-order valence-corrected chi connectivity index (χ2v) is 7.02. The molecule has 0 aliphatic rings. The Balaban J connectivity index is 2.69. The molecule has 0 aliphatic carbocycles. The van der Waals surface area contributed by atoms with E-state index in [2.05, 4.69) is 13.8 Å². The van der Waals surface area contributed by atoms with Crippen LogP contribution in [0.4, 0.5) is 0 Å². The Labute approximate surface area is 178 Å². The van der Waals surface area contributed by atoms with Crippen LogP contribution >= 0.6 is 0 Å². The fraction of sp³-hybridized carbons (Fsp3) is 0.417. The average Bonchev–Trinajstić information content (AvgIpc) is 2.69. The van der Waals surface area contributed by atoms with Gasteiger partial charge in [-0.25, -0.2) is 0 Å². The molecule has 2 aromatic rings. The summed E-state index contributed by atoms with van der Waals surface area (Å²) in [5, 5.41) is 0. The Hall–Kier alpha value is -3.02. The summed E-state index contributed by atoms with van der Waals surface area (Å²) < 4.78 is 21.9. The Morgan fingerprint density at radius 2 is 1.07 bits per heavy atom. The zero-order valence-electron chi connectivity index (χ0n) is 18.6. The number of carbonyl (C=O) groups excluding carboxylic acids is 2. The molecule has 2 rings (SSSR count). The Kier molecular flexibility index (Phi) is 8.27. The topological polar surface area (TPSA) is 71.1 Å². The van der Waals surface area contributed by atoms with Crippen molar-refractivity contribution in [1.29, 1.82) is 0 Å². The fourth-order valence-corrected chi connectivity index (χ4v) is 3.39. The highest BCUT2D eigenvalue weighted by atomic mass is 16.6. The van der Waals surface area contributed by atoms with Crippen LogP contribution in [0.25, 0.3) is 11.1 Å². The van der Waals surface area contributed by atoms with Gasteiger partial charge >= 0.3 is 11.9 Å². The number of methoxy groups -OCH3 is 2. The van der Waals surface area contributed by atoms with E-state index in [0.29, 0.717) is 23.0 Å². The van der Waals surface area contributed by atoms with E-state index in [-0.39, 0.29) is 0 Å². The maximum absolute atomic E-state index is 11.6. The van der Waals surface area contributed by atoms with Gasteiger partial charge in [0, 0.05) is 13.8 Å². The van der Waals surface area contributed by atoms with Gasteiger partial charge in [0.05, 0.1) is 14.2 Å². The number of rotatable bonds is 9. The first-order valence-electron chi connectivity index (χ1n) is 10.1. The quantitative estimate of drug-likeness (QED) is 0.419. The number of ether oxygens (including phenoxy) is 4. The second kappa shape index (κ2) is 10.7. The maximum atomic E-state index is 11.6. The lowest BCUT2D eigenvalue weighted by Gasteiger charge is -2.18. The van der Waals surface area contributed by atoms with E-state index >= 15 is 0 Å². The molecule has 0 aliphatic heterocycles. The summed E-state index contributed by atoms with van der Waals surface area (Å²) >= 11 is 0. The first-order valence-corrected chi connectivity index (χ1v) is 10.1. The van der Waals surface area contributed by atoms with Crippen molar-refractivity contribution in [1.82, 2.24) is 0 Å². The summed E-state index contributed by atoms with van der Waals surface area (Å²) in [6.45, 7) is 6.87. The van der Waals surface area contributed by atoms with Crippen LogP contribution < -0.4 is 18.9 Å². The molecule has 0 saturated carbocycles. The highest BCUT2D eigenvalue weighted by molar-refractivity contribution is 5.77. The van der Waals surface area contributed by atoms with Crippen molar-refractivity contribution in [3.8, 4) is 34.1 Å². The molecule has 162 valence electrons. The third-order valence-corrected chi connectivity index (χ3v) is 4.57. The summed E-state index contributed by atoms with van der Waals surface area (Å²) in [6.07, 6.45) is 3.24. The minimum Gasteiger partial charge on any atom is -0.493 e. The van der Waals surface area contributed by atoms with E-state index in [1.807, 2.05) is 24.3 Å². The van der Waals surface area contributed by atoms with Gasteiger partial charge in [-0.2, -0.15) is 0 Å². The van der Waals surface area contributed by atoms with Crippen LogP contribution in [0.3, 0.4) is 0 Å². The van der Waals surface area contributed by atoms with Gasteiger partial charge in [0.15, 0.2) is 23.0 Å². The lowest BCUT2D eigenvalue weighted by molar-refractivity contribution is -0.133. The number of aryl methyl sites for hydroxylation is 2. The fourth-order valence-electron chi connectivity index (χ4n) is 3.39. The molecule has 0 spiro atoms. The minimum absolute atomic E-state index is 0.393. The van der Waals surface area contributed by atoms with Crippen molar-refractivity contribution in [2.24, 2.45) is 0 Å². The van der Waals surface area contributed by atoms with Crippen LogP contribution in [0, 0.1) is 0 Å². The van der Waals surface area contributed by atoms with Gasteiger partial charge in [-0.15, -0.1) is 0 Å². The smallest absolute Gasteiger partial charge is 0.308 e. The van der Waals surface area contributed by atoms with Crippen LogP contribution in [-0.2, 0) is 22.4 Å². The molecule has 0 atom stereocenters. The summed E-state index contributed by atoms with van der Waals surface area (Å²) in [4.78, 5) is 23.2. The number of hydrogen-bond donors (Lipinski definition) is 0. The summed E-state index contributed by atoms with van der Waals surface area (Å²) in [5.74, 6) is 1.10. The van der Waals surface area contributed by atoms with Gasteiger partial charge in [-0.3, -0.25) is 9.59 Å². The van der Waals surface area contributed by atoms with Gasteiger partial charge in [0.2, 0.25) is 0 Å². The van der Waals surface area contributed by atoms with Gasteiger partial charge < -0.3 is 18.9 Å². The van der Waals surface area contributed by atoms with Crippen molar-refractivity contribution in [3.05, 3.63) is 35.4 Å². The number of benzene rings is 2. The molecule has 30 heavy (non-hydrogen) atoms. The maximum Gasteiger partial charge on any atom is 0.308 e. The highest BCUT2D eigenvalue weighted by Crippen LogP contribution is 2.41. The molecule has 0 radical (unpaired) electrons. The van der Waals surface area contributed by atoms with Crippen molar-refractivity contribution < 1.29 is 28.5 Å². The first-order chi connectivity index (χ1) is 14.3. The molecule has 0 unspecified atom stereocenters. The number of hydrogen-bond acceptors (Lipinski definition) is 6. The van der Waals surface area contributed by atoms with E-state index in [4.69, 9.17) is 18.9 Å². The minimum atomic E-state index is -0.393. The van der Waals surface area contributed by atoms with Crippen molar-refractivity contribution in [2.45, 2.75) is 53.4 Å². The summed E-state index contributed by atoms with van der Waals surface area (Å²) in [7, 11) is 3.10. The lowest BCUT2D eigenvalue weighted by Crippen LogP contribution is -2.07. The molecule has 0 bridgehead atoms.